The Morgan fingerprint density at radius 1 is 1.33 bits per heavy atom. The molecule has 0 aliphatic carbocycles. The number of Topliss-reactive ketones (excluding diaryl/α,β-unsaturated/α-hetero) is 1. The quantitative estimate of drug-likeness (QED) is 0.722. The minimum Gasteiger partial charge on any atom is -0.493 e. The highest BCUT2D eigenvalue weighted by atomic mass is 35.5. The molecule has 0 bridgehead atoms. The van der Waals surface area contributed by atoms with E-state index in [0.717, 1.165) is 16.9 Å². The van der Waals surface area contributed by atoms with Crippen molar-refractivity contribution >= 4 is 17.4 Å². The standard InChI is InChI=1S/C12H15ClO2/c1-9-4-3-5-10(2)12(9)15-7-6-11(14)8-13/h3-5H,6-8H2,1-2H3. The second kappa shape index (κ2) is 5.76. The van der Waals surface area contributed by atoms with Crippen molar-refractivity contribution in [1.82, 2.24) is 0 Å². The van der Waals surface area contributed by atoms with Gasteiger partial charge < -0.3 is 4.74 Å². The monoisotopic (exact) mass is 226 g/mol. The van der Waals surface area contributed by atoms with E-state index in [1.54, 1.807) is 0 Å². The lowest BCUT2D eigenvalue weighted by Crippen LogP contribution is -2.08. The van der Waals surface area contributed by atoms with E-state index < -0.39 is 0 Å². The molecule has 0 heterocycles. The molecule has 1 aromatic carbocycles. The number of rotatable bonds is 5. The average molecular weight is 227 g/mol. The normalized spacial score (nSPS) is 10.1. The molecule has 0 unspecified atom stereocenters. The lowest BCUT2D eigenvalue weighted by Gasteiger charge is -2.10. The molecule has 0 saturated heterocycles. The van der Waals surface area contributed by atoms with Crippen molar-refractivity contribution in [3.8, 4) is 5.75 Å². The molecular weight excluding hydrogens is 212 g/mol. The number of aryl methyl sites for hydroxylation is 2. The van der Waals surface area contributed by atoms with E-state index in [1.165, 1.54) is 0 Å². The smallest absolute Gasteiger partial charge is 0.150 e. The number of halogens is 1. The molecule has 0 fully saturated rings. The van der Waals surface area contributed by atoms with Gasteiger partial charge in [-0.1, -0.05) is 18.2 Å². The number of ketones is 1. The van der Waals surface area contributed by atoms with Gasteiger partial charge in [-0.15, -0.1) is 11.6 Å². The molecule has 15 heavy (non-hydrogen) atoms. The summed E-state index contributed by atoms with van der Waals surface area (Å²) in [4.78, 5) is 11.0. The van der Waals surface area contributed by atoms with Crippen LogP contribution in [-0.4, -0.2) is 18.3 Å². The Labute approximate surface area is 95.2 Å². The number of alkyl halides is 1. The maximum atomic E-state index is 11.0. The highest BCUT2D eigenvalue weighted by Crippen LogP contribution is 2.22. The summed E-state index contributed by atoms with van der Waals surface area (Å²) < 4.78 is 5.56. The van der Waals surface area contributed by atoms with E-state index in [4.69, 9.17) is 16.3 Å². The predicted molar refractivity (Wildman–Crippen MR) is 61.8 cm³/mol. The van der Waals surface area contributed by atoms with Crippen LogP contribution in [0.5, 0.6) is 5.75 Å². The molecule has 0 N–H and O–H groups in total. The topological polar surface area (TPSA) is 26.3 Å². The van der Waals surface area contributed by atoms with Crippen LogP contribution >= 0.6 is 11.6 Å². The van der Waals surface area contributed by atoms with E-state index in [2.05, 4.69) is 0 Å². The first-order valence-electron chi connectivity index (χ1n) is 4.92. The summed E-state index contributed by atoms with van der Waals surface area (Å²) in [5, 5.41) is 0. The predicted octanol–water partition coefficient (Wildman–Crippen LogP) is 2.88. The van der Waals surface area contributed by atoms with E-state index in [1.807, 2.05) is 32.0 Å². The van der Waals surface area contributed by atoms with E-state index >= 15 is 0 Å². The Hall–Kier alpha value is -1.02. The van der Waals surface area contributed by atoms with Crippen LogP contribution in [0, 0.1) is 13.8 Å². The summed E-state index contributed by atoms with van der Waals surface area (Å²) in [6, 6.07) is 5.97. The molecule has 0 saturated carbocycles. The molecule has 0 aliphatic heterocycles. The summed E-state index contributed by atoms with van der Waals surface area (Å²) in [6.45, 7) is 4.38. The summed E-state index contributed by atoms with van der Waals surface area (Å²) in [5.74, 6) is 0.957. The molecule has 3 heteroatoms. The third-order valence-electron chi connectivity index (χ3n) is 2.19. The van der Waals surface area contributed by atoms with Crippen molar-refractivity contribution in [3.05, 3.63) is 29.3 Å². The fraction of sp³-hybridized carbons (Fsp3) is 0.417. The second-order valence-corrected chi connectivity index (χ2v) is 3.76. The number of carbonyl (C=O) groups is 1. The van der Waals surface area contributed by atoms with Gasteiger partial charge in [0, 0.05) is 6.42 Å². The molecule has 0 radical (unpaired) electrons. The zero-order chi connectivity index (χ0) is 11.3. The van der Waals surface area contributed by atoms with Crippen molar-refractivity contribution in [2.75, 3.05) is 12.5 Å². The lowest BCUT2D eigenvalue weighted by atomic mass is 10.1. The van der Waals surface area contributed by atoms with Gasteiger partial charge in [0.2, 0.25) is 0 Å². The van der Waals surface area contributed by atoms with E-state index in [9.17, 15) is 4.79 Å². The van der Waals surface area contributed by atoms with E-state index in [0.29, 0.717) is 13.0 Å². The van der Waals surface area contributed by atoms with Crippen molar-refractivity contribution in [2.45, 2.75) is 20.3 Å². The third kappa shape index (κ3) is 3.56. The highest BCUT2D eigenvalue weighted by molar-refractivity contribution is 6.27. The molecule has 0 atom stereocenters. The van der Waals surface area contributed by atoms with Gasteiger partial charge >= 0.3 is 0 Å². The van der Waals surface area contributed by atoms with Crippen molar-refractivity contribution in [1.29, 1.82) is 0 Å². The minimum atomic E-state index is 0.0166. The maximum Gasteiger partial charge on any atom is 0.150 e. The van der Waals surface area contributed by atoms with Crippen LogP contribution in [0.4, 0.5) is 0 Å². The molecular formula is C12H15ClO2. The molecule has 1 aromatic rings. The van der Waals surface area contributed by atoms with Crippen LogP contribution in [0.3, 0.4) is 0 Å². The van der Waals surface area contributed by atoms with E-state index in [-0.39, 0.29) is 11.7 Å². The van der Waals surface area contributed by atoms with Crippen molar-refractivity contribution in [3.63, 3.8) is 0 Å². The number of ether oxygens (including phenoxy) is 1. The Balaban J connectivity index is 2.54. The summed E-state index contributed by atoms with van der Waals surface area (Å²) in [6.07, 6.45) is 0.372. The van der Waals surface area contributed by atoms with Crippen LogP contribution < -0.4 is 4.74 Å². The van der Waals surface area contributed by atoms with Gasteiger partial charge in [0.05, 0.1) is 12.5 Å². The molecule has 82 valence electrons. The first-order chi connectivity index (χ1) is 7.15. The van der Waals surface area contributed by atoms with Gasteiger partial charge in [0.1, 0.15) is 5.75 Å². The van der Waals surface area contributed by atoms with Gasteiger partial charge in [0.15, 0.2) is 5.78 Å². The van der Waals surface area contributed by atoms with Crippen molar-refractivity contribution < 1.29 is 9.53 Å². The fourth-order valence-corrected chi connectivity index (χ4v) is 1.49. The van der Waals surface area contributed by atoms with Crippen LogP contribution in [0.15, 0.2) is 18.2 Å². The second-order valence-electron chi connectivity index (χ2n) is 3.49. The summed E-state index contributed by atoms with van der Waals surface area (Å²) >= 11 is 5.39. The number of hydrogen-bond donors (Lipinski definition) is 0. The van der Waals surface area contributed by atoms with Crippen LogP contribution in [0.2, 0.25) is 0 Å². The number of benzene rings is 1. The summed E-state index contributed by atoms with van der Waals surface area (Å²) in [5.41, 5.74) is 2.18. The van der Waals surface area contributed by atoms with Crippen LogP contribution in [0.25, 0.3) is 0 Å². The Kier molecular flexibility index (Phi) is 4.63. The fourth-order valence-electron chi connectivity index (χ4n) is 1.36. The molecule has 0 aliphatic rings. The molecule has 1 rings (SSSR count). The molecule has 0 spiro atoms. The Morgan fingerprint density at radius 2 is 1.93 bits per heavy atom. The zero-order valence-corrected chi connectivity index (χ0v) is 9.80. The highest BCUT2D eigenvalue weighted by Gasteiger charge is 2.04. The largest absolute Gasteiger partial charge is 0.493 e. The minimum absolute atomic E-state index is 0.0166. The van der Waals surface area contributed by atoms with Gasteiger partial charge in [-0.05, 0) is 25.0 Å². The Bertz CT molecular complexity index is 327. The SMILES string of the molecule is Cc1cccc(C)c1OCCC(=O)CCl. The lowest BCUT2D eigenvalue weighted by molar-refractivity contribution is -0.117. The molecule has 0 amide bonds. The zero-order valence-electron chi connectivity index (χ0n) is 9.05. The first kappa shape index (κ1) is 12.1. The number of carbonyl (C=O) groups excluding carboxylic acids is 1. The number of para-hydroxylation sites is 1. The van der Waals surface area contributed by atoms with Crippen LogP contribution in [-0.2, 0) is 4.79 Å². The maximum absolute atomic E-state index is 11.0. The average Bonchev–Trinajstić information content (AvgIpc) is 2.22. The van der Waals surface area contributed by atoms with Gasteiger partial charge in [-0.2, -0.15) is 0 Å². The Morgan fingerprint density at radius 3 is 2.47 bits per heavy atom. The van der Waals surface area contributed by atoms with Gasteiger partial charge in [0.25, 0.3) is 0 Å². The summed E-state index contributed by atoms with van der Waals surface area (Å²) in [7, 11) is 0. The molecule has 0 aromatic heterocycles. The third-order valence-corrected chi connectivity index (χ3v) is 2.48. The van der Waals surface area contributed by atoms with Gasteiger partial charge in [-0.3, -0.25) is 4.79 Å². The molecule has 2 nitrogen and oxygen atoms in total. The first-order valence-corrected chi connectivity index (χ1v) is 5.45. The van der Waals surface area contributed by atoms with Gasteiger partial charge in [-0.25, -0.2) is 0 Å². The van der Waals surface area contributed by atoms with Crippen LogP contribution in [0.1, 0.15) is 17.5 Å². The number of hydrogen-bond acceptors (Lipinski definition) is 2. The van der Waals surface area contributed by atoms with Crippen molar-refractivity contribution in [2.24, 2.45) is 0 Å².